The molecule has 0 radical (unpaired) electrons. The molecule has 1 heterocycles. The lowest BCUT2D eigenvalue weighted by Gasteiger charge is -2.35. The van der Waals surface area contributed by atoms with Gasteiger partial charge in [0.15, 0.2) is 0 Å². The Hall–Kier alpha value is -0.860. The zero-order chi connectivity index (χ0) is 13.8. The van der Waals surface area contributed by atoms with E-state index in [9.17, 15) is 0 Å². The molecule has 0 aliphatic carbocycles. The summed E-state index contributed by atoms with van der Waals surface area (Å²) in [4.78, 5) is 2.54. The van der Waals surface area contributed by atoms with Crippen LogP contribution in [0.3, 0.4) is 0 Å². The van der Waals surface area contributed by atoms with Crippen LogP contribution >= 0.6 is 0 Å². The molecule has 1 fully saturated rings. The molecule has 0 aromatic heterocycles. The zero-order valence-electron chi connectivity index (χ0n) is 12.6. The number of hydrogen-bond acceptors (Lipinski definition) is 2. The summed E-state index contributed by atoms with van der Waals surface area (Å²) in [7, 11) is 0. The van der Waals surface area contributed by atoms with Gasteiger partial charge in [0.1, 0.15) is 0 Å². The number of aryl methyl sites for hydroxylation is 1. The molecule has 0 bridgehead atoms. The van der Waals surface area contributed by atoms with Crippen molar-refractivity contribution < 1.29 is 0 Å². The molecule has 0 saturated carbocycles. The fourth-order valence-corrected chi connectivity index (χ4v) is 3.18. The fraction of sp³-hybridized carbons (Fsp3) is 0.647. The first-order chi connectivity index (χ1) is 9.08. The van der Waals surface area contributed by atoms with Gasteiger partial charge in [0.05, 0.1) is 0 Å². The van der Waals surface area contributed by atoms with Crippen LogP contribution in [0.1, 0.15) is 43.9 Å². The van der Waals surface area contributed by atoms with Gasteiger partial charge in [0.2, 0.25) is 0 Å². The molecule has 1 unspecified atom stereocenters. The Morgan fingerprint density at radius 1 is 1.21 bits per heavy atom. The maximum atomic E-state index is 6.38. The number of nitrogens with two attached hydrogens (primary N) is 1. The van der Waals surface area contributed by atoms with Gasteiger partial charge >= 0.3 is 0 Å². The third-order valence-corrected chi connectivity index (χ3v) is 4.62. The summed E-state index contributed by atoms with van der Waals surface area (Å²) in [6.45, 7) is 10.3. The zero-order valence-corrected chi connectivity index (χ0v) is 12.6. The van der Waals surface area contributed by atoms with Gasteiger partial charge in [-0.15, -0.1) is 0 Å². The minimum atomic E-state index is 0.150. The molecule has 0 amide bonds. The minimum Gasteiger partial charge on any atom is -0.323 e. The summed E-state index contributed by atoms with van der Waals surface area (Å²) in [6.07, 6.45) is 2.66. The summed E-state index contributed by atoms with van der Waals surface area (Å²) < 4.78 is 0. The highest BCUT2D eigenvalue weighted by Gasteiger charge is 2.23. The Labute approximate surface area is 118 Å². The molecule has 0 spiro atoms. The van der Waals surface area contributed by atoms with Crippen molar-refractivity contribution in [1.82, 2.24) is 4.90 Å². The molecule has 2 heteroatoms. The monoisotopic (exact) mass is 260 g/mol. The van der Waals surface area contributed by atoms with Crippen molar-refractivity contribution in [2.24, 2.45) is 17.6 Å². The standard InChI is InChI=1S/C17H28N2/c1-13(2)15-8-10-19(11-9-15)12-17(18)16-7-5-4-6-14(16)3/h4-7,13,15,17H,8-12,18H2,1-3H3. The van der Waals surface area contributed by atoms with Gasteiger partial charge in [-0.2, -0.15) is 0 Å². The first-order valence-corrected chi connectivity index (χ1v) is 7.61. The van der Waals surface area contributed by atoms with Gasteiger partial charge in [-0.1, -0.05) is 38.1 Å². The first-order valence-electron chi connectivity index (χ1n) is 7.61. The second kappa shape index (κ2) is 6.53. The SMILES string of the molecule is Cc1ccccc1C(N)CN1CCC(C(C)C)CC1. The highest BCUT2D eigenvalue weighted by molar-refractivity contribution is 5.28. The van der Waals surface area contributed by atoms with Crippen LogP contribution in [-0.2, 0) is 0 Å². The largest absolute Gasteiger partial charge is 0.323 e. The van der Waals surface area contributed by atoms with Crippen LogP contribution in [0.2, 0.25) is 0 Å². The number of piperidine rings is 1. The molecule has 1 aliphatic rings. The van der Waals surface area contributed by atoms with E-state index in [1.807, 2.05) is 0 Å². The van der Waals surface area contributed by atoms with Crippen LogP contribution < -0.4 is 5.73 Å². The maximum Gasteiger partial charge on any atom is 0.0426 e. The molecule has 1 atom stereocenters. The fourth-order valence-electron chi connectivity index (χ4n) is 3.18. The minimum absolute atomic E-state index is 0.150. The van der Waals surface area contributed by atoms with E-state index < -0.39 is 0 Å². The van der Waals surface area contributed by atoms with E-state index >= 15 is 0 Å². The molecule has 19 heavy (non-hydrogen) atoms. The Kier molecular flexibility index (Phi) is 5.00. The van der Waals surface area contributed by atoms with Crippen molar-refractivity contribution in [3.8, 4) is 0 Å². The Bertz CT molecular complexity index is 392. The van der Waals surface area contributed by atoms with Crippen LogP contribution in [0, 0.1) is 18.8 Å². The molecule has 106 valence electrons. The average molecular weight is 260 g/mol. The van der Waals surface area contributed by atoms with E-state index in [1.165, 1.54) is 37.1 Å². The summed E-state index contributed by atoms with van der Waals surface area (Å²) in [6, 6.07) is 8.64. The van der Waals surface area contributed by atoms with Crippen molar-refractivity contribution in [2.75, 3.05) is 19.6 Å². The second-order valence-electron chi connectivity index (χ2n) is 6.35. The smallest absolute Gasteiger partial charge is 0.0426 e. The number of benzene rings is 1. The highest BCUT2D eigenvalue weighted by Crippen LogP contribution is 2.25. The van der Waals surface area contributed by atoms with Crippen LogP contribution in [0.25, 0.3) is 0 Å². The lowest BCUT2D eigenvalue weighted by atomic mass is 9.86. The predicted molar refractivity (Wildman–Crippen MR) is 82.1 cm³/mol. The molecule has 1 aromatic rings. The average Bonchev–Trinajstić information content (AvgIpc) is 2.39. The van der Waals surface area contributed by atoms with Crippen LogP contribution in [-0.4, -0.2) is 24.5 Å². The van der Waals surface area contributed by atoms with Crippen molar-refractivity contribution in [3.05, 3.63) is 35.4 Å². The Morgan fingerprint density at radius 3 is 2.42 bits per heavy atom. The summed E-state index contributed by atoms with van der Waals surface area (Å²) in [5.74, 6) is 1.73. The number of nitrogens with zero attached hydrogens (tertiary/aromatic N) is 1. The molecule has 2 N–H and O–H groups in total. The summed E-state index contributed by atoms with van der Waals surface area (Å²) in [5, 5.41) is 0. The summed E-state index contributed by atoms with van der Waals surface area (Å²) >= 11 is 0. The lowest BCUT2D eigenvalue weighted by molar-refractivity contribution is 0.151. The van der Waals surface area contributed by atoms with Crippen molar-refractivity contribution >= 4 is 0 Å². The first kappa shape index (κ1) is 14.5. The third kappa shape index (κ3) is 3.80. The van der Waals surface area contributed by atoms with Gasteiger partial charge in [-0.3, -0.25) is 0 Å². The maximum absolute atomic E-state index is 6.38. The van der Waals surface area contributed by atoms with Gasteiger partial charge in [0, 0.05) is 12.6 Å². The quantitative estimate of drug-likeness (QED) is 0.899. The van der Waals surface area contributed by atoms with Crippen LogP contribution in [0.15, 0.2) is 24.3 Å². The molecule has 1 aliphatic heterocycles. The van der Waals surface area contributed by atoms with Gasteiger partial charge in [0.25, 0.3) is 0 Å². The summed E-state index contributed by atoms with van der Waals surface area (Å²) in [5.41, 5.74) is 8.99. The predicted octanol–water partition coefficient (Wildman–Crippen LogP) is 3.36. The highest BCUT2D eigenvalue weighted by atomic mass is 15.1. The normalized spacial score (nSPS) is 19.8. The molecular weight excluding hydrogens is 232 g/mol. The molecular formula is C17H28N2. The van der Waals surface area contributed by atoms with Crippen LogP contribution in [0.4, 0.5) is 0 Å². The van der Waals surface area contributed by atoms with E-state index in [-0.39, 0.29) is 6.04 Å². The van der Waals surface area contributed by atoms with Gasteiger partial charge < -0.3 is 10.6 Å². The van der Waals surface area contributed by atoms with E-state index in [1.54, 1.807) is 0 Å². The van der Waals surface area contributed by atoms with E-state index in [4.69, 9.17) is 5.73 Å². The lowest BCUT2D eigenvalue weighted by Crippen LogP contribution is -2.39. The van der Waals surface area contributed by atoms with E-state index in [2.05, 4.69) is 49.9 Å². The molecule has 1 aromatic carbocycles. The van der Waals surface area contributed by atoms with Crippen molar-refractivity contribution in [3.63, 3.8) is 0 Å². The molecule has 2 rings (SSSR count). The Morgan fingerprint density at radius 2 is 1.84 bits per heavy atom. The number of rotatable bonds is 4. The third-order valence-electron chi connectivity index (χ3n) is 4.62. The van der Waals surface area contributed by atoms with Gasteiger partial charge in [-0.25, -0.2) is 0 Å². The second-order valence-corrected chi connectivity index (χ2v) is 6.35. The van der Waals surface area contributed by atoms with E-state index in [0.717, 1.165) is 18.4 Å². The molecule has 2 nitrogen and oxygen atoms in total. The Balaban J connectivity index is 1.87. The molecule has 1 saturated heterocycles. The van der Waals surface area contributed by atoms with Gasteiger partial charge in [-0.05, 0) is 55.8 Å². The topological polar surface area (TPSA) is 29.3 Å². The van der Waals surface area contributed by atoms with Crippen LogP contribution in [0.5, 0.6) is 0 Å². The number of likely N-dealkylation sites (tertiary alicyclic amines) is 1. The van der Waals surface area contributed by atoms with Crippen molar-refractivity contribution in [2.45, 2.75) is 39.7 Å². The van der Waals surface area contributed by atoms with Crippen molar-refractivity contribution in [1.29, 1.82) is 0 Å². The van der Waals surface area contributed by atoms with E-state index in [0.29, 0.717) is 0 Å². The number of hydrogen-bond donors (Lipinski definition) is 1.